The third-order valence-electron chi connectivity index (χ3n) is 6.43. The van der Waals surface area contributed by atoms with Crippen molar-refractivity contribution in [3.63, 3.8) is 0 Å². The maximum Gasteiger partial charge on any atom is 0.187 e. The van der Waals surface area contributed by atoms with Crippen molar-refractivity contribution in [1.29, 1.82) is 0 Å². The van der Waals surface area contributed by atoms with Crippen LogP contribution in [0.25, 0.3) is 43.7 Å². The fraction of sp³-hybridized carbons (Fsp3) is 0.250. The highest BCUT2D eigenvalue weighted by Gasteiger charge is 2.22. The first-order valence-electron chi connectivity index (χ1n) is 12.5. The van der Waals surface area contributed by atoms with Crippen LogP contribution in [0.1, 0.15) is 38.8 Å². The van der Waals surface area contributed by atoms with E-state index >= 15 is 0 Å². The van der Waals surface area contributed by atoms with E-state index in [-0.39, 0.29) is 0 Å². The lowest BCUT2D eigenvalue weighted by atomic mass is 9.93. The molecule has 1 heterocycles. The number of nitrogens with zero attached hydrogens (tertiary/aromatic N) is 3. The maximum atomic E-state index is 7.77. The monoisotopic (exact) mass is 457 g/mol. The predicted octanol–water partition coefficient (Wildman–Crippen LogP) is 8.79. The van der Waals surface area contributed by atoms with Crippen molar-refractivity contribution in [2.45, 2.75) is 40.5 Å². The van der Waals surface area contributed by atoms with Gasteiger partial charge in [-0.05, 0) is 47.3 Å². The molecule has 3 nitrogen and oxygen atoms in total. The van der Waals surface area contributed by atoms with Crippen molar-refractivity contribution in [2.24, 2.45) is 11.8 Å². The van der Waals surface area contributed by atoms with E-state index < -0.39 is 0 Å². The summed E-state index contributed by atoms with van der Waals surface area (Å²) in [5, 5.41) is 2.40. The fourth-order valence-corrected chi connectivity index (χ4v) is 5.12. The molecule has 5 rings (SSSR count). The van der Waals surface area contributed by atoms with Crippen LogP contribution in [0.4, 0.5) is 5.69 Å². The van der Waals surface area contributed by atoms with Crippen LogP contribution in [-0.4, -0.2) is 9.55 Å². The zero-order valence-electron chi connectivity index (χ0n) is 20.9. The van der Waals surface area contributed by atoms with Crippen molar-refractivity contribution in [3.05, 3.63) is 101 Å². The van der Waals surface area contributed by atoms with E-state index in [0.29, 0.717) is 11.8 Å². The summed E-state index contributed by atoms with van der Waals surface area (Å²) in [5.41, 5.74) is 7.55. The molecule has 0 aliphatic rings. The molecular weight excluding hydrogens is 426 g/mol. The van der Waals surface area contributed by atoms with Crippen molar-refractivity contribution < 1.29 is 0 Å². The molecule has 0 aliphatic heterocycles. The van der Waals surface area contributed by atoms with Gasteiger partial charge in [0.25, 0.3) is 0 Å². The third-order valence-corrected chi connectivity index (χ3v) is 6.43. The number of fused-ring (bicyclic) bond motifs is 3. The van der Waals surface area contributed by atoms with Crippen LogP contribution in [0.3, 0.4) is 0 Å². The van der Waals surface area contributed by atoms with E-state index in [4.69, 9.17) is 11.6 Å². The molecule has 4 aromatic carbocycles. The van der Waals surface area contributed by atoms with Gasteiger partial charge in [-0.2, -0.15) is 0 Å². The van der Waals surface area contributed by atoms with Gasteiger partial charge in [0, 0.05) is 10.9 Å². The lowest BCUT2D eigenvalue weighted by Gasteiger charge is -2.22. The summed E-state index contributed by atoms with van der Waals surface area (Å²) in [7, 11) is 0. The summed E-state index contributed by atoms with van der Waals surface area (Å²) >= 11 is 0. The molecule has 0 spiro atoms. The molecule has 0 saturated heterocycles. The molecule has 0 N–H and O–H groups in total. The molecule has 1 aromatic heterocycles. The van der Waals surface area contributed by atoms with E-state index in [0.717, 1.165) is 41.0 Å². The lowest BCUT2D eigenvalue weighted by Crippen LogP contribution is -2.10. The number of hydrogen-bond donors (Lipinski definition) is 0. The highest BCUT2D eigenvalue weighted by molar-refractivity contribution is 6.06. The van der Waals surface area contributed by atoms with Crippen molar-refractivity contribution in [1.82, 2.24) is 9.55 Å². The minimum atomic E-state index is 0.466. The van der Waals surface area contributed by atoms with Crippen LogP contribution in [0, 0.1) is 18.4 Å². The Kier molecular flexibility index (Phi) is 6.14. The molecule has 0 amide bonds. The third kappa shape index (κ3) is 4.33. The second-order valence-electron chi connectivity index (χ2n) is 10.2. The average Bonchev–Trinajstić information content (AvgIpc) is 3.23. The van der Waals surface area contributed by atoms with Crippen LogP contribution in [0.15, 0.2) is 78.9 Å². The summed E-state index contributed by atoms with van der Waals surface area (Å²) in [6.45, 7) is 16.8. The first-order valence-corrected chi connectivity index (χ1v) is 12.5. The van der Waals surface area contributed by atoms with Crippen molar-refractivity contribution in [2.75, 3.05) is 0 Å². The molecule has 35 heavy (non-hydrogen) atoms. The number of aromatic nitrogens is 2. The highest BCUT2D eigenvalue weighted by atomic mass is 15.1. The maximum absolute atomic E-state index is 7.77. The first kappa shape index (κ1) is 22.9. The summed E-state index contributed by atoms with van der Waals surface area (Å²) in [4.78, 5) is 9.04. The quantitative estimate of drug-likeness (QED) is 0.234. The highest BCUT2D eigenvalue weighted by Crippen LogP contribution is 2.38. The number of rotatable bonds is 6. The van der Waals surface area contributed by atoms with Gasteiger partial charge in [0.1, 0.15) is 5.82 Å². The normalized spacial score (nSPS) is 11.6. The molecule has 0 bridgehead atoms. The van der Waals surface area contributed by atoms with E-state index in [1.54, 1.807) is 0 Å². The standard InChI is InChI=1S/C32H31N3/c1-21(2)17-25-19-27(33-5)20-26(18-22(3)4)30(25)35-31-28-14-10-9-11-23(28)15-16-29(31)34-32(35)24-12-7-6-8-13-24/h6-16,19-22H,17-18H2,1-4H3. The zero-order chi connectivity index (χ0) is 24.5. The summed E-state index contributed by atoms with van der Waals surface area (Å²) in [6.07, 6.45) is 1.81. The minimum absolute atomic E-state index is 0.466. The Morgan fingerprint density at radius 2 is 1.43 bits per heavy atom. The van der Waals surface area contributed by atoms with Gasteiger partial charge in [-0.15, -0.1) is 0 Å². The van der Waals surface area contributed by atoms with Gasteiger partial charge in [0.05, 0.1) is 23.3 Å². The Labute approximate surface area is 207 Å². The predicted molar refractivity (Wildman–Crippen MR) is 147 cm³/mol. The Balaban J connectivity index is 1.97. The Morgan fingerprint density at radius 1 is 0.800 bits per heavy atom. The second-order valence-corrected chi connectivity index (χ2v) is 10.2. The zero-order valence-corrected chi connectivity index (χ0v) is 20.9. The van der Waals surface area contributed by atoms with Crippen LogP contribution >= 0.6 is 0 Å². The minimum Gasteiger partial charge on any atom is -0.291 e. The number of benzene rings is 4. The summed E-state index contributed by atoms with van der Waals surface area (Å²) < 4.78 is 2.39. The summed E-state index contributed by atoms with van der Waals surface area (Å²) in [6, 6.07) is 27.5. The molecule has 5 aromatic rings. The fourth-order valence-electron chi connectivity index (χ4n) is 5.12. The Morgan fingerprint density at radius 3 is 2.06 bits per heavy atom. The number of hydrogen-bond acceptors (Lipinski definition) is 1. The molecule has 0 fully saturated rings. The van der Waals surface area contributed by atoms with E-state index in [2.05, 4.69) is 110 Å². The lowest BCUT2D eigenvalue weighted by molar-refractivity contribution is 0.632. The smallest absolute Gasteiger partial charge is 0.187 e. The van der Waals surface area contributed by atoms with Crippen molar-refractivity contribution in [3.8, 4) is 17.1 Å². The van der Waals surface area contributed by atoms with Gasteiger partial charge in [0.15, 0.2) is 5.69 Å². The van der Waals surface area contributed by atoms with Gasteiger partial charge in [-0.25, -0.2) is 9.83 Å². The molecular formula is C32H31N3. The van der Waals surface area contributed by atoms with E-state index in [1.807, 2.05) is 6.07 Å². The molecule has 0 unspecified atom stereocenters. The first-order chi connectivity index (χ1) is 17.0. The van der Waals surface area contributed by atoms with Gasteiger partial charge < -0.3 is 0 Å². The van der Waals surface area contributed by atoms with Gasteiger partial charge in [-0.3, -0.25) is 4.57 Å². The molecule has 174 valence electrons. The average molecular weight is 458 g/mol. The Bertz CT molecular complexity index is 1520. The van der Waals surface area contributed by atoms with Gasteiger partial charge >= 0.3 is 0 Å². The van der Waals surface area contributed by atoms with Gasteiger partial charge in [0.2, 0.25) is 0 Å². The SMILES string of the molecule is [C-]#[N+]c1cc(CC(C)C)c(-n2c(-c3ccccc3)nc3ccc4ccccc4c32)c(CC(C)C)c1. The van der Waals surface area contributed by atoms with Crippen LogP contribution in [-0.2, 0) is 12.8 Å². The molecule has 3 heteroatoms. The molecule has 0 aliphatic carbocycles. The molecule has 0 radical (unpaired) electrons. The second kappa shape index (κ2) is 9.39. The molecule has 0 atom stereocenters. The van der Waals surface area contributed by atoms with Crippen LogP contribution in [0.5, 0.6) is 0 Å². The van der Waals surface area contributed by atoms with Crippen LogP contribution in [0.2, 0.25) is 0 Å². The summed E-state index contributed by atoms with van der Waals surface area (Å²) in [5.74, 6) is 1.88. The topological polar surface area (TPSA) is 22.2 Å². The van der Waals surface area contributed by atoms with E-state index in [1.165, 1.54) is 27.6 Å². The van der Waals surface area contributed by atoms with Crippen LogP contribution < -0.4 is 0 Å². The van der Waals surface area contributed by atoms with Gasteiger partial charge in [-0.1, -0.05) is 100 Å². The molecule has 0 saturated carbocycles. The largest absolute Gasteiger partial charge is 0.291 e. The number of imidazole rings is 1. The van der Waals surface area contributed by atoms with Crippen molar-refractivity contribution >= 4 is 27.5 Å². The van der Waals surface area contributed by atoms with E-state index in [9.17, 15) is 0 Å². The Hall–Kier alpha value is -3.90.